The summed E-state index contributed by atoms with van der Waals surface area (Å²) in [6, 6.07) is 16.4. The minimum atomic E-state index is -0.0698. The van der Waals surface area contributed by atoms with Gasteiger partial charge in [0.1, 0.15) is 5.75 Å². The summed E-state index contributed by atoms with van der Waals surface area (Å²) in [5, 5.41) is 3.07. The third-order valence-corrected chi connectivity index (χ3v) is 4.38. The van der Waals surface area contributed by atoms with Crippen LogP contribution in [0.3, 0.4) is 0 Å². The van der Waals surface area contributed by atoms with Crippen molar-refractivity contribution in [1.82, 2.24) is 5.32 Å². The van der Waals surface area contributed by atoms with Crippen LogP contribution in [-0.2, 0) is 11.2 Å². The zero-order valence-corrected chi connectivity index (χ0v) is 13.7. The molecule has 0 aromatic heterocycles. The standard InChI is InChI=1S/C20H23NO2/c1-14(2)15-7-10-17(11-8-15)23-13-20(22)21-19-12-9-16-5-3-4-6-18(16)19/h3-8,10-11,14,19H,9,12-13H2,1-2H3,(H,21,22)/t19-/m0/s1. The van der Waals surface area contributed by atoms with Gasteiger partial charge >= 0.3 is 0 Å². The van der Waals surface area contributed by atoms with Gasteiger partial charge in [0, 0.05) is 0 Å². The maximum absolute atomic E-state index is 12.1. The molecular weight excluding hydrogens is 286 g/mol. The predicted molar refractivity (Wildman–Crippen MR) is 91.7 cm³/mol. The second-order valence-electron chi connectivity index (χ2n) is 6.37. The van der Waals surface area contributed by atoms with Crippen LogP contribution in [0, 0.1) is 0 Å². The van der Waals surface area contributed by atoms with Crippen LogP contribution in [-0.4, -0.2) is 12.5 Å². The Bertz CT molecular complexity index is 676. The lowest BCUT2D eigenvalue weighted by molar-refractivity contribution is -0.123. The van der Waals surface area contributed by atoms with E-state index in [-0.39, 0.29) is 18.6 Å². The summed E-state index contributed by atoms with van der Waals surface area (Å²) in [4.78, 5) is 12.1. The molecule has 23 heavy (non-hydrogen) atoms. The molecule has 1 atom stereocenters. The van der Waals surface area contributed by atoms with Crippen LogP contribution in [0.5, 0.6) is 5.75 Å². The average molecular weight is 309 g/mol. The van der Waals surface area contributed by atoms with Gasteiger partial charge in [0.15, 0.2) is 6.61 Å². The molecule has 0 bridgehead atoms. The first-order valence-corrected chi connectivity index (χ1v) is 8.23. The molecular formula is C20H23NO2. The summed E-state index contributed by atoms with van der Waals surface area (Å²) in [7, 11) is 0. The quantitative estimate of drug-likeness (QED) is 0.907. The van der Waals surface area contributed by atoms with Crippen molar-refractivity contribution in [1.29, 1.82) is 0 Å². The van der Waals surface area contributed by atoms with Crippen LogP contribution in [0.15, 0.2) is 48.5 Å². The normalized spacial score (nSPS) is 16.2. The maximum atomic E-state index is 12.1. The largest absolute Gasteiger partial charge is 0.484 e. The summed E-state index contributed by atoms with van der Waals surface area (Å²) in [6.07, 6.45) is 1.99. The fourth-order valence-electron chi connectivity index (χ4n) is 3.04. The predicted octanol–water partition coefficient (Wildman–Crippen LogP) is 3.99. The van der Waals surface area contributed by atoms with Crippen molar-refractivity contribution < 1.29 is 9.53 Å². The minimum absolute atomic E-state index is 0.0553. The van der Waals surface area contributed by atoms with Crippen molar-refractivity contribution in [3.8, 4) is 5.75 Å². The number of rotatable bonds is 5. The number of fused-ring (bicyclic) bond motifs is 1. The summed E-state index contributed by atoms with van der Waals surface area (Å²) in [5.41, 5.74) is 3.84. The zero-order chi connectivity index (χ0) is 16.2. The lowest BCUT2D eigenvalue weighted by atomic mass is 10.0. The molecule has 3 heteroatoms. The van der Waals surface area contributed by atoms with E-state index in [0.717, 1.165) is 18.6 Å². The van der Waals surface area contributed by atoms with Gasteiger partial charge in [0.2, 0.25) is 0 Å². The van der Waals surface area contributed by atoms with Gasteiger partial charge in [-0.1, -0.05) is 50.2 Å². The van der Waals surface area contributed by atoms with Crippen molar-refractivity contribution in [3.63, 3.8) is 0 Å². The SMILES string of the molecule is CC(C)c1ccc(OCC(=O)N[C@H]2CCc3ccccc32)cc1. The van der Waals surface area contributed by atoms with Crippen molar-refractivity contribution in [3.05, 3.63) is 65.2 Å². The smallest absolute Gasteiger partial charge is 0.258 e. The Labute approximate surface area is 137 Å². The van der Waals surface area contributed by atoms with E-state index in [2.05, 4.69) is 31.3 Å². The van der Waals surface area contributed by atoms with E-state index >= 15 is 0 Å². The molecule has 0 spiro atoms. The molecule has 0 fully saturated rings. The van der Waals surface area contributed by atoms with E-state index in [4.69, 9.17) is 4.74 Å². The van der Waals surface area contributed by atoms with Gasteiger partial charge in [-0.05, 0) is 47.6 Å². The molecule has 0 saturated carbocycles. The number of hydrogen-bond acceptors (Lipinski definition) is 2. The number of amides is 1. The van der Waals surface area contributed by atoms with Crippen molar-refractivity contribution in [2.75, 3.05) is 6.61 Å². The molecule has 1 amide bonds. The Morgan fingerprint density at radius 3 is 2.65 bits per heavy atom. The Hall–Kier alpha value is -2.29. The number of carbonyl (C=O) groups excluding carboxylic acids is 1. The molecule has 1 aliphatic carbocycles. The molecule has 0 radical (unpaired) electrons. The van der Waals surface area contributed by atoms with Crippen molar-refractivity contribution >= 4 is 5.91 Å². The minimum Gasteiger partial charge on any atom is -0.484 e. The van der Waals surface area contributed by atoms with E-state index in [9.17, 15) is 4.79 Å². The van der Waals surface area contributed by atoms with Crippen molar-refractivity contribution in [2.24, 2.45) is 0 Å². The number of hydrogen-bond donors (Lipinski definition) is 1. The zero-order valence-electron chi connectivity index (χ0n) is 13.7. The van der Waals surface area contributed by atoms with Crippen LogP contribution < -0.4 is 10.1 Å². The van der Waals surface area contributed by atoms with E-state index in [0.29, 0.717) is 5.92 Å². The van der Waals surface area contributed by atoms with E-state index in [1.54, 1.807) is 0 Å². The molecule has 2 aromatic rings. The number of ether oxygens (including phenoxy) is 1. The van der Waals surface area contributed by atoms with Gasteiger partial charge in [-0.25, -0.2) is 0 Å². The first kappa shape index (κ1) is 15.6. The highest BCUT2D eigenvalue weighted by Crippen LogP contribution is 2.30. The first-order chi connectivity index (χ1) is 11.1. The Morgan fingerprint density at radius 1 is 1.17 bits per heavy atom. The molecule has 3 nitrogen and oxygen atoms in total. The third kappa shape index (κ3) is 3.73. The average Bonchev–Trinajstić information content (AvgIpc) is 2.96. The van der Waals surface area contributed by atoms with Crippen LogP contribution in [0.4, 0.5) is 0 Å². The molecule has 1 aliphatic rings. The Balaban J connectivity index is 1.52. The van der Waals surface area contributed by atoms with Crippen LogP contribution >= 0.6 is 0 Å². The molecule has 1 N–H and O–H groups in total. The summed E-state index contributed by atoms with van der Waals surface area (Å²) in [5.74, 6) is 1.16. The van der Waals surface area contributed by atoms with E-state index < -0.39 is 0 Å². The lowest BCUT2D eigenvalue weighted by Gasteiger charge is -2.14. The van der Waals surface area contributed by atoms with Gasteiger partial charge in [-0.3, -0.25) is 4.79 Å². The highest BCUT2D eigenvalue weighted by Gasteiger charge is 2.23. The first-order valence-electron chi connectivity index (χ1n) is 8.23. The lowest BCUT2D eigenvalue weighted by Crippen LogP contribution is -2.31. The molecule has 0 unspecified atom stereocenters. The summed E-state index contributed by atoms with van der Waals surface area (Å²) >= 11 is 0. The fourth-order valence-corrected chi connectivity index (χ4v) is 3.04. The van der Waals surface area contributed by atoms with Crippen LogP contribution in [0.25, 0.3) is 0 Å². The van der Waals surface area contributed by atoms with Crippen LogP contribution in [0.2, 0.25) is 0 Å². The van der Waals surface area contributed by atoms with Crippen molar-refractivity contribution in [2.45, 2.75) is 38.6 Å². The molecule has 0 aliphatic heterocycles. The molecule has 3 rings (SSSR count). The number of aryl methyl sites for hydroxylation is 1. The number of nitrogens with one attached hydrogen (secondary N) is 1. The topological polar surface area (TPSA) is 38.3 Å². The van der Waals surface area contributed by atoms with E-state index in [1.165, 1.54) is 16.7 Å². The van der Waals surface area contributed by atoms with Crippen LogP contribution in [0.1, 0.15) is 48.9 Å². The van der Waals surface area contributed by atoms with Gasteiger partial charge in [0.05, 0.1) is 6.04 Å². The monoisotopic (exact) mass is 309 g/mol. The van der Waals surface area contributed by atoms with Gasteiger partial charge in [0.25, 0.3) is 5.91 Å². The van der Waals surface area contributed by atoms with Gasteiger partial charge in [-0.15, -0.1) is 0 Å². The fraction of sp³-hybridized carbons (Fsp3) is 0.350. The molecule has 0 heterocycles. The van der Waals surface area contributed by atoms with E-state index in [1.807, 2.05) is 36.4 Å². The molecule has 120 valence electrons. The van der Waals surface area contributed by atoms with Gasteiger partial charge in [-0.2, -0.15) is 0 Å². The highest BCUT2D eigenvalue weighted by atomic mass is 16.5. The highest BCUT2D eigenvalue weighted by molar-refractivity contribution is 5.78. The summed E-state index contributed by atoms with van der Waals surface area (Å²) < 4.78 is 5.59. The Morgan fingerprint density at radius 2 is 1.91 bits per heavy atom. The maximum Gasteiger partial charge on any atom is 0.258 e. The molecule has 0 saturated heterocycles. The Kier molecular flexibility index (Phi) is 4.65. The second kappa shape index (κ2) is 6.86. The number of benzene rings is 2. The molecule has 2 aromatic carbocycles. The third-order valence-electron chi connectivity index (χ3n) is 4.38. The number of carbonyl (C=O) groups is 1. The summed E-state index contributed by atoms with van der Waals surface area (Å²) in [6.45, 7) is 4.37. The van der Waals surface area contributed by atoms with Gasteiger partial charge < -0.3 is 10.1 Å². The second-order valence-corrected chi connectivity index (χ2v) is 6.37.